The molecule has 0 bridgehead atoms. The van der Waals surface area contributed by atoms with Crippen LogP contribution in [0.25, 0.3) is 0 Å². The van der Waals surface area contributed by atoms with Gasteiger partial charge in [-0.1, -0.05) is 22.0 Å². The van der Waals surface area contributed by atoms with E-state index in [9.17, 15) is 14.7 Å². The van der Waals surface area contributed by atoms with Gasteiger partial charge in [0.25, 0.3) is 0 Å². The first-order valence-electron chi connectivity index (χ1n) is 4.59. The highest BCUT2D eigenvalue weighted by molar-refractivity contribution is 9.10. The van der Waals surface area contributed by atoms with Crippen LogP contribution in [0.1, 0.15) is 20.7 Å². The zero-order chi connectivity index (χ0) is 11.9. The molecule has 4 nitrogen and oxygen atoms in total. The van der Waals surface area contributed by atoms with Crippen molar-refractivity contribution in [3.63, 3.8) is 0 Å². The Kier molecular flexibility index (Phi) is 2.63. The molecule has 0 saturated carbocycles. The molecule has 0 fully saturated rings. The van der Waals surface area contributed by atoms with Crippen LogP contribution in [-0.4, -0.2) is 34.3 Å². The number of aromatic hydroxyl groups is 1. The minimum absolute atomic E-state index is 0.0711. The maximum Gasteiger partial charge on any atom is 0.209 e. The predicted molar refractivity (Wildman–Crippen MR) is 62.8 cm³/mol. The van der Waals surface area contributed by atoms with Crippen LogP contribution in [0, 0.1) is 0 Å². The van der Waals surface area contributed by atoms with E-state index in [1.165, 1.54) is 25.2 Å². The van der Waals surface area contributed by atoms with Crippen molar-refractivity contribution in [3.05, 3.63) is 29.3 Å². The number of nitrogens with zero attached hydrogens (tertiary/aromatic N) is 1. The fourth-order valence-electron chi connectivity index (χ4n) is 1.71. The monoisotopic (exact) mass is 281 g/mol. The second-order valence-corrected chi connectivity index (χ2v) is 4.28. The van der Waals surface area contributed by atoms with Crippen molar-refractivity contribution in [3.8, 4) is 5.75 Å². The average Bonchev–Trinajstić information content (AvgIpc) is 2.27. The molecule has 0 heterocycles. The van der Waals surface area contributed by atoms with Gasteiger partial charge in [0.2, 0.25) is 5.78 Å². The number of Topliss-reactive ketones (excluding diaryl/α,β-unsaturated/α-hetero) is 2. The lowest BCUT2D eigenvalue weighted by Gasteiger charge is -2.20. The summed E-state index contributed by atoms with van der Waals surface area (Å²) in [5, 5.41) is 9.59. The molecule has 1 aromatic rings. The minimum atomic E-state index is -0.772. The first kappa shape index (κ1) is 11.0. The van der Waals surface area contributed by atoms with E-state index in [1.54, 1.807) is 0 Å². The molecule has 0 radical (unpaired) electrons. The topological polar surface area (TPSA) is 66.7 Å². The van der Waals surface area contributed by atoms with Gasteiger partial charge in [-0.05, 0) is 12.1 Å². The largest absolute Gasteiger partial charge is 0.507 e. The van der Waals surface area contributed by atoms with Gasteiger partial charge in [0.05, 0.1) is 5.56 Å². The van der Waals surface area contributed by atoms with E-state index in [2.05, 4.69) is 20.9 Å². The van der Waals surface area contributed by atoms with Gasteiger partial charge in [0.1, 0.15) is 16.3 Å². The van der Waals surface area contributed by atoms with Gasteiger partial charge in [0, 0.05) is 12.6 Å². The SMILES string of the molecule is CN=C1C(=O)c2cccc(O)c2C(=O)C1Br. The first-order chi connectivity index (χ1) is 7.57. The molecule has 0 saturated heterocycles. The second kappa shape index (κ2) is 3.83. The fraction of sp³-hybridized carbons (Fsp3) is 0.182. The number of phenolic OH excluding ortho intramolecular Hbond substituents is 1. The van der Waals surface area contributed by atoms with Gasteiger partial charge >= 0.3 is 0 Å². The maximum atomic E-state index is 11.9. The van der Waals surface area contributed by atoms with Crippen LogP contribution in [0.3, 0.4) is 0 Å². The summed E-state index contributed by atoms with van der Waals surface area (Å²) in [6.07, 6.45) is 0. The van der Waals surface area contributed by atoms with Crippen molar-refractivity contribution in [2.75, 3.05) is 7.05 Å². The number of fused-ring (bicyclic) bond motifs is 1. The standard InChI is InChI=1S/C11H8BrNO3/c1-13-9-8(12)11(16)7-5(10(9)15)3-2-4-6(7)14/h2-4,8,14H,1H3. The van der Waals surface area contributed by atoms with Crippen LogP contribution in [0.2, 0.25) is 0 Å². The van der Waals surface area contributed by atoms with E-state index >= 15 is 0 Å². The predicted octanol–water partition coefficient (Wildman–Crippen LogP) is 1.61. The summed E-state index contributed by atoms with van der Waals surface area (Å²) >= 11 is 3.11. The number of benzene rings is 1. The van der Waals surface area contributed by atoms with Crippen LogP contribution in [0.4, 0.5) is 0 Å². The summed E-state index contributed by atoms with van der Waals surface area (Å²) < 4.78 is 0. The molecule has 16 heavy (non-hydrogen) atoms. The van der Waals surface area contributed by atoms with Crippen LogP contribution in [-0.2, 0) is 0 Å². The number of hydrogen-bond donors (Lipinski definition) is 1. The fourth-order valence-corrected chi connectivity index (χ4v) is 2.35. The molecule has 1 aromatic carbocycles. The quantitative estimate of drug-likeness (QED) is 0.735. The molecular weight excluding hydrogens is 274 g/mol. The summed E-state index contributed by atoms with van der Waals surface area (Å²) in [7, 11) is 1.46. The lowest BCUT2D eigenvalue weighted by molar-refractivity contribution is 0.0968. The highest BCUT2D eigenvalue weighted by atomic mass is 79.9. The second-order valence-electron chi connectivity index (χ2n) is 3.36. The highest BCUT2D eigenvalue weighted by Crippen LogP contribution is 2.30. The van der Waals surface area contributed by atoms with Gasteiger partial charge in [-0.15, -0.1) is 0 Å². The smallest absolute Gasteiger partial charge is 0.209 e. The zero-order valence-corrected chi connectivity index (χ0v) is 9.98. The summed E-state index contributed by atoms with van der Waals surface area (Å²) in [4.78, 5) is 26.9. The Morgan fingerprint density at radius 1 is 1.38 bits per heavy atom. The van der Waals surface area contributed by atoms with E-state index in [-0.39, 0.29) is 34.2 Å². The van der Waals surface area contributed by atoms with Crippen LogP contribution < -0.4 is 0 Å². The van der Waals surface area contributed by atoms with Crippen molar-refractivity contribution in [2.45, 2.75) is 4.83 Å². The van der Waals surface area contributed by atoms with Crippen molar-refractivity contribution in [1.82, 2.24) is 0 Å². The molecule has 1 aliphatic carbocycles. The molecule has 82 valence electrons. The maximum absolute atomic E-state index is 11.9. The number of rotatable bonds is 0. The first-order valence-corrected chi connectivity index (χ1v) is 5.51. The number of alkyl halides is 1. The number of carbonyl (C=O) groups excluding carboxylic acids is 2. The normalized spacial score (nSPS) is 22.4. The Hall–Kier alpha value is -1.49. The Morgan fingerprint density at radius 2 is 2.06 bits per heavy atom. The Bertz CT molecular complexity index is 522. The van der Waals surface area contributed by atoms with E-state index in [0.717, 1.165) is 0 Å². The molecule has 0 spiro atoms. The summed E-state index contributed by atoms with van der Waals surface area (Å²) in [5.41, 5.74) is 0.450. The summed E-state index contributed by atoms with van der Waals surface area (Å²) in [6.45, 7) is 0. The van der Waals surface area contributed by atoms with Crippen LogP contribution in [0.15, 0.2) is 23.2 Å². The molecular formula is C11H8BrNO3. The molecule has 0 aromatic heterocycles. The Labute approximate surface area is 100 Å². The third-order valence-corrected chi connectivity index (χ3v) is 3.33. The van der Waals surface area contributed by atoms with Gasteiger partial charge in [-0.3, -0.25) is 14.6 Å². The number of halogens is 1. The van der Waals surface area contributed by atoms with Gasteiger partial charge in [-0.2, -0.15) is 0 Å². The van der Waals surface area contributed by atoms with Crippen molar-refractivity contribution >= 4 is 33.2 Å². The van der Waals surface area contributed by atoms with E-state index in [4.69, 9.17) is 0 Å². The van der Waals surface area contributed by atoms with E-state index in [0.29, 0.717) is 0 Å². The molecule has 2 rings (SSSR count). The third-order valence-electron chi connectivity index (χ3n) is 2.48. The van der Waals surface area contributed by atoms with Gasteiger partial charge in [0.15, 0.2) is 5.78 Å². The molecule has 0 amide bonds. The Balaban J connectivity index is 2.74. The lowest BCUT2D eigenvalue weighted by atomic mass is 9.87. The van der Waals surface area contributed by atoms with Crippen molar-refractivity contribution < 1.29 is 14.7 Å². The van der Waals surface area contributed by atoms with Gasteiger partial charge < -0.3 is 5.11 Å². The molecule has 1 aliphatic rings. The van der Waals surface area contributed by atoms with Crippen molar-refractivity contribution in [2.24, 2.45) is 4.99 Å². The molecule has 0 aliphatic heterocycles. The average molecular weight is 282 g/mol. The van der Waals surface area contributed by atoms with Crippen molar-refractivity contribution in [1.29, 1.82) is 0 Å². The number of carbonyl (C=O) groups is 2. The molecule has 1 atom stereocenters. The number of hydrogen-bond acceptors (Lipinski definition) is 4. The highest BCUT2D eigenvalue weighted by Gasteiger charge is 2.38. The molecule has 1 unspecified atom stereocenters. The van der Waals surface area contributed by atoms with Crippen LogP contribution in [0.5, 0.6) is 5.75 Å². The van der Waals surface area contributed by atoms with Crippen LogP contribution >= 0.6 is 15.9 Å². The number of ketones is 2. The van der Waals surface area contributed by atoms with Gasteiger partial charge in [-0.25, -0.2) is 0 Å². The summed E-state index contributed by atoms with van der Waals surface area (Å²) in [5.74, 6) is -0.835. The molecule has 5 heteroatoms. The minimum Gasteiger partial charge on any atom is -0.507 e. The Morgan fingerprint density at radius 3 is 2.69 bits per heavy atom. The number of aliphatic imine (C=N–C) groups is 1. The third kappa shape index (κ3) is 1.39. The molecule has 1 N–H and O–H groups in total. The summed E-state index contributed by atoms with van der Waals surface area (Å²) in [6, 6.07) is 4.43. The number of phenols is 1. The van der Waals surface area contributed by atoms with E-state index in [1.807, 2.05) is 0 Å². The lowest BCUT2D eigenvalue weighted by Crippen LogP contribution is -2.37. The zero-order valence-electron chi connectivity index (χ0n) is 8.40. The van der Waals surface area contributed by atoms with E-state index < -0.39 is 4.83 Å².